The Morgan fingerprint density at radius 3 is 2.22 bits per heavy atom. The summed E-state index contributed by atoms with van der Waals surface area (Å²) in [6.45, 7) is 0.671. The zero-order valence-electron chi connectivity index (χ0n) is 6.73. The van der Waals surface area contributed by atoms with E-state index in [0.717, 1.165) is 5.88 Å². The lowest BCUT2D eigenvalue weighted by Gasteiger charge is -2.24. The first-order chi connectivity index (χ1) is 4.06. The predicted octanol–water partition coefficient (Wildman–Crippen LogP) is 0.831. The molecule has 0 heterocycles. The zero-order valence-corrected chi connectivity index (χ0v) is 7.55. The van der Waals surface area contributed by atoms with Gasteiger partial charge in [-0.3, -0.25) is 5.32 Å². The molecule has 0 fully saturated rings. The molecule has 0 atom stereocenters. The number of rotatable bonds is 4. The third kappa shape index (κ3) is 8.27. The van der Waals surface area contributed by atoms with Crippen LogP contribution >= 0.6 is 10.0 Å². The van der Waals surface area contributed by atoms with E-state index in [-0.39, 0.29) is 10.0 Å². The fraction of sp³-hybridized carbons (Fsp3) is 1.00. The van der Waals surface area contributed by atoms with Crippen LogP contribution in [0.3, 0.4) is 0 Å². The molecule has 2 nitrogen and oxygen atoms in total. The van der Waals surface area contributed by atoms with Crippen molar-refractivity contribution in [2.24, 2.45) is 0 Å². The van der Waals surface area contributed by atoms with Crippen molar-refractivity contribution in [3.05, 3.63) is 0 Å². The van der Waals surface area contributed by atoms with Crippen LogP contribution in [0.2, 0.25) is 0 Å². The Balaban J connectivity index is 3.07. The maximum absolute atomic E-state index is 4.84. The Bertz CT molecular complexity index is 69.9. The topological polar surface area (TPSA) is 21.3 Å². The number of hydrogen-bond acceptors (Lipinski definition) is 2. The molecular formula is C6H17NOS. The lowest BCUT2D eigenvalue weighted by atomic mass is 11.1. The normalized spacial score (nSPS) is 13.8. The maximum atomic E-state index is 4.84. The smallest absolute Gasteiger partial charge is 0.0967 e. The van der Waals surface area contributed by atoms with Gasteiger partial charge in [0.05, 0.1) is 6.73 Å². The molecule has 0 spiro atoms. The minimum absolute atomic E-state index is 0.387. The van der Waals surface area contributed by atoms with Crippen LogP contribution in [-0.4, -0.2) is 38.5 Å². The summed E-state index contributed by atoms with van der Waals surface area (Å²) in [7, 11) is 1.31. The van der Waals surface area contributed by atoms with Crippen molar-refractivity contribution < 1.29 is 4.74 Å². The number of methoxy groups -OCH3 is 1. The highest BCUT2D eigenvalue weighted by atomic mass is 32.3. The van der Waals surface area contributed by atoms with Gasteiger partial charge in [0.1, 0.15) is 0 Å². The Morgan fingerprint density at radius 1 is 1.33 bits per heavy atom. The van der Waals surface area contributed by atoms with Gasteiger partial charge in [-0.2, -0.15) is 0 Å². The summed E-state index contributed by atoms with van der Waals surface area (Å²) < 4.78 is 4.84. The third-order valence-corrected chi connectivity index (χ3v) is 1.85. The Hall–Kier alpha value is 0.270. The van der Waals surface area contributed by atoms with Gasteiger partial charge in [-0.25, -0.2) is 10.0 Å². The molecule has 0 amide bonds. The molecule has 9 heavy (non-hydrogen) atoms. The molecule has 0 bridgehead atoms. The first-order valence-electron chi connectivity index (χ1n) is 2.92. The average Bonchev–Trinajstić information content (AvgIpc) is 1.63. The molecule has 0 unspecified atom stereocenters. The van der Waals surface area contributed by atoms with Gasteiger partial charge < -0.3 is 4.74 Å². The van der Waals surface area contributed by atoms with E-state index in [2.05, 4.69) is 24.1 Å². The van der Waals surface area contributed by atoms with Crippen molar-refractivity contribution in [3.8, 4) is 0 Å². The monoisotopic (exact) mass is 151 g/mol. The molecule has 3 heteroatoms. The molecule has 0 rings (SSSR count). The summed E-state index contributed by atoms with van der Waals surface area (Å²) in [5.74, 6) is 1.08. The Kier molecular flexibility index (Phi) is 4.27. The molecular weight excluding hydrogens is 134 g/mol. The first kappa shape index (κ1) is 9.27. The molecule has 58 valence electrons. The van der Waals surface area contributed by atoms with Crippen molar-refractivity contribution in [1.29, 1.82) is 0 Å². The largest absolute Gasteiger partial charge is 0.370 e. The number of nitrogens with one attached hydrogen (secondary N) is 1. The summed E-state index contributed by atoms with van der Waals surface area (Å²) >= 11 is 0. The third-order valence-electron chi connectivity index (χ3n) is 0.781. The zero-order chi connectivity index (χ0) is 7.33. The lowest BCUT2D eigenvalue weighted by Crippen LogP contribution is -2.21. The van der Waals surface area contributed by atoms with E-state index in [4.69, 9.17) is 4.74 Å². The van der Waals surface area contributed by atoms with Crippen LogP contribution in [0.4, 0.5) is 0 Å². The van der Waals surface area contributed by atoms with Gasteiger partial charge in [-0.1, -0.05) is 0 Å². The van der Waals surface area contributed by atoms with Gasteiger partial charge in [-0.05, 0) is 18.8 Å². The van der Waals surface area contributed by atoms with Crippen LogP contribution < -0.4 is 5.32 Å². The Labute approximate surface area is 59.3 Å². The molecule has 0 radical (unpaired) electrons. The van der Waals surface area contributed by atoms with E-state index in [9.17, 15) is 0 Å². The fourth-order valence-corrected chi connectivity index (χ4v) is 1.15. The van der Waals surface area contributed by atoms with Gasteiger partial charge in [0, 0.05) is 13.0 Å². The highest BCUT2D eigenvalue weighted by molar-refractivity contribution is 8.32. The van der Waals surface area contributed by atoms with E-state index in [0.29, 0.717) is 6.73 Å². The molecule has 0 aliphatic rings. The van der Waals surface area contributed by atoms with Crippen LogP contribution in [0.5, 0.6) is 0 Å². The van der Waals surface area contributed by atoms with Crippen molar-refractivity contribution in [1.82, 2.24) is 5.32 Å². The van der Waals surface area contributed by atoms with Crippen LogP contribution in [-0.2, 0) is 4.74 Å². The number of ether oxygens (including phenoxy) is 1. The minimum atomic E-state index is -0.387. The molecule has 0 aromatic rings. The van der Waals surface area contributed by atoms with E-state index in [1.807, 2.05) is 0 Å². The van der Waals surface area contributed by atoms with Crippen LogP contribution in [0.1, 0.15) is 0 Å². The van der Waals surface area contributed by atoms with Crippen LogP contribution in [0, 0.1) is 0 Å². The van der Waals surface area contributed by atoms with Crippen molar-refractivity contribution in [2.45, 2.75) is 0 Å². The number of hydrogen-bond donors (Lipinski definition) is 1. The Morgan fingerprint density at radius 2 is 1.89 bits per heavy atom. The van der Waals surface area contributed by atoms with Crippen LogP contribution in [0.25, 0.3) is 0 Å². The minimum Gasteiger partial charge on any atom is -0.370 e. The van der Waals surface area contributed by atoms with Crippen molar-refractivity contribution >= 4 is 10.0 Å². The van der Waals surface area contributed by atoms with E-state index >= 15 is 0 Å². The summed E-state index contributed by atoms with van der Waals surface area (Å²) in [4.78, 5) is 0. The van der Waals surface area contributed by atoms with Gasteiger partial charge >= 0.3 is 0 Å². The lowest BCUT2D eigenvalue weighted by molar-refractivity contribution is 0.181. The second-order valence-electron chi connectivity index (χ2n) is 2.92. The SMILES string of the molecule is COCNCS(C)(C)C. The summed E-state index contributed by atoms with van der Waals surface area (Å²) in [5.41, 5.74) is 0. The second-order valence-corrected chi connectivity index (χ2v) is 7.39. The van der Waals surface area contributed by atoms with Gasteiger partial charge in [0.2, 0.25) is 0 Å². The van der Waals surface area contributed by atoms with E-state index in [1.54, 1.807) is 7.11 Å². The standard InChI is InChI=1S/C6H17NOS/c1-8-5-7-6-9(2,3)4/h7H,5-6H2,1-4H3. The van der Waals surface area contributed by atoms with Gasteiger partial charge in [-0.15, -0.1) is 0 Å². The highest BCUT2D eigenvalue weighted by Crippen LogP contribution is 2.31. The molecule has 1 N–H and O–H groups in total. The van der Waals surface area contributed by atoms with E-state index in [1.165, 1.54) is 0 Å². The van der Waals surface area contributed by atoms with Gasteiger partial charge in [0.25, 0.3) is 0 Å². The molecule has 0 aromatic heterocycles. The molecule has 0 saturated carbocycles. The average molecular weight is 151 g/mol. The predicted molar refractivity (Wildman–Crippen MR) is 45.2 cm³/mol. The molecule has 0 aliphatic carbocycles. The molecule has 0 aromatic carbocycles. The second kappa shape index (κ2) is 4.14. The molecule has 0 aliphatic heterocycles. The first-order valence-corrected chi connectivity index (χ1v) is 5.94. The maximum Gasteiger partial charge on any atom is 0.0967 e. The fourth-order valence-electron chi connectivity index (χ4n) is 0.450. The van der Waals surface area contributed by atoms with E-state index < -0.39 is 0 Å². The highest BCUT2D eigenvalue weighted by Gasteiger charge is 2.00. The summed E-state index contributed by atoms with van der Waals surface area (Å²) in [6, 6.07) is 0. The van der Waals surface area contributed by atoms with Crippen molar-refractivity contribution in [2.75, 3.05) is 38.5 Å². The summed E-state index contributed by atoms with van der Waals surface area (Å²) in [6.07, 6.45) is 6.82. The quantitative estimate of drug-likeness (QED) is 0.475. The van der Waals surface area contributed by atoms with Crippen molar-refractivity contribution in [3.63, 3.8) is 0 Å². The van der Waals surface area contributed by atoms with Crippen LogP contribution in [0.15, 0.2) is 0 Å². The summed E-state index contributed by atoms with van der Waals surface area (Å²) in [5, 5.41) is 3.19. The molecule has 0 saturated heterocycles. The van der Waals surface area contributed by atoms with Gasteiger partial charge in [0.15, 0.2) is 0 Å².